The van der Waals surface area contributed by atoms with E-state index in [1.165, 1.54) is 6.92 Å². The van der Waals surface area contributed by atoms with Gasteiger partial charge in [-0.05, 0) is 19.8 Å². The number of nitrogens with one attached hydrogen (secondary N) is 1. The fourth-order valence-electron chi connectivity index (χ4n) is 2.70. The van der Waals surface area contributed by atoms with Crippen molar-refractivity contribution in [3.8, 4) is 0 Å². The van der Waals surface area contributed by atoms with E-state index in [-0.39, 0.29) is 12.5 Å². The van der Waals surface area contributed by atoms with Crippen LogP contribution < -0.4 is 5.32 Å². The van der Waals surface area contributed by atoms with E-state index >= 15 is 0 Å². The highest BCUT2D eigenvalue weighted by atomic mass is 16.3. The molecular weight excluding hydrogens is 236 g/mol. The number of amides is 3. The van der Waals surface area contributed by atoms with Crippen molar-refractivity contribution in [1.82, 2.24) is 10.2 Å². The minimum atomic E-state index is -1.45. The molecule has 3 amide bonds. The molecule has 1 aliphatic heterocycles. The summed E-state index contributed by atoms with van der Waals surface area (Å²) in [6, 6.07) is -0.462. The zero-order valence-corrected chi connectivity index (χ0v) is 10.6. The molecule has 102 valence electrons. The molecule has 2 fully saturated rings. The van der Waals surface area contributed by atoms with E-state index in [0.717, 1.165) is 24.2 Å². The molecular formula is C12H20N2O4. The maximum Gasteiger partial charge on any atom is 0.325 e. The fourth-order valence-corrected chi connectivity index (χ4v) is 2.70. The molecule has 0 aromatic carbocycles. The van der Waals surface area contributed by atoms with E-state index in [1.807, 2.05) is 0 Å². The van der Waals surface area contributed by atoms with Crippen molar-refractivity contribution in [3.63, 3.8) is 0 Å². The highest BCUT2D eigenvalue weighted by molar-refractivity contribution is 6.07. The summed E-state index contributed by atoms with van der Waals surface area (Å²) in [5.41, 5.74) is -2.21. The van der Waals surface area contributed by atoms with Crippen LogP contribution in [0.3, 0.4) is 0 Å². The van der Waals surface area contributed by atoms with E-state index in [0.29, 0.717) is 12.8 Å². The van der Waals surface area contributed by atoms with E-state index in [9.17, 15) is 14.7 Å². The van der Waals surface area contributed by atoms with Crippen LogP contribution >= 0.6 is 0 Å². The van der Waals surface area contributed by atoms with Gasteiger partial charge in [0.1, 0.15) is 11.1 Å². The smallest absolute Gasteiger partial charge is 0.325 e. The number of hydrogen-bond donors (Lipinski definition) is 3. The zero-order chi connectivity index (χ0) is 13.4. The van der Waals surface area contributed by atoms with Gasteiger partial charge in [0.15, 0.2) is 0 Å². The Bertz CT molecular complexity index is 361. The Labute approximate surface area is 106 Å². The van der Waals surface area contributed by atoms with Crippen LogP contribution in [0.5, 0.6) is 0 Å². The van der Waals surface area contributed by atoms with Crippen LogP contribution in [0.25, 0.3) is 0 Å². The van der Waals surface area contributed by atoms with Gasteiger partial charge in [0.25, 0.3) is 5.91 Å². The van der Waals surface area contributed by atoms with Gasteiger partial charge in [-0.2, -0.15) is 0 Å². The van der Waals surface area contributed by atoms with Gasteiger partial charge < -0.3 is 15.5 Å². The number of nitrogens with zero attached hydrogens (tertiary/aromatic N) is 1. The Kier molecular flexibility index (Phi) is 3.33. The van der Waals surface area contributed by atoms with Gasteiger partial charge in [-0.3, -0.25) is 9.69 Å². The Balaban J connectivity index is 2.14. The number of aliphatic hydroxyl groups is 2. The molecule has 0 aromatic heterocycles. The SMILES string of the molecule is CC(O)(CO)CN1C(=O)NC2(CCCCC2)C1=O. The van der Waals surface area contributed by atoms with E-state index in [2.05, 4.69) is 5.32 Å². The van der Waals surface area contributed by atoms with Gasteiger partial charge >= 0.3 is 6.03 Å². The Morgan fingerprint density at radius 1 is 1.33 bits per heavy atom. The number of carbonyl (C=O) groups is 2. The Morgan fingerprint density at radius 3 is 2.50 bits per heavy atom. The average Bonchev–Trinajstić information content (AvgIpc) is 2.55. The summed E-state index contributed by atoms with van der Waals surface area (Å²) in [5, 5.41) is 21.6. The summed E-state index contributed by atoms with van der Waals surface area (Å²) in [4.78, 5) is 25.2. The third kappa shape index (κ3) is 2.22. The number of hydrogen-bond acceptors (Lipinski definition) is 4. The maximum atomic E-state index is 12.3. The van der Waals surface area contributed by atoms with Gasteiger partial charge in [-0.25, -0.2) is 4.79 Å². The second-order valence-corrected chi connectivity index (χ2v) is 5.62. The monoisotopic (exact) mass is 256 g/mol. The molecule has 2 rings (SSSR count). The van der Waals surface area contributed by atoms with Crippen molar-refractivity contribution in [2.75, 3.05) is 13.2 Å². The third-order valence-electron chi connectivity index (χ3n) is 3.79. The van der Waals surface area contributed by atoms with Crippen molar-refractivity contribution < 1.29 is 19.8 Å². The van der Waals surface area contributed by atoms with Crippen molar-refractivity contribution >= 4 is 11.9 Å². The molecule has 1 saturated carbocycles. The van der Waals surface area contributed by atoms with Gasteiger partial charge in [0.05, 0.1) is 13.2 Å². The molecule has 0 radical (unpaired) electrons. The molecule has 18 heavy (non-hydrogen) atoms. The van der Waals surface area contributed by atoms with Gasteiger partial charge in [-0.1, -0.05) is 19.3 Å². The quantitative estimate of drug-likeness (QED) is 0.619. The van der Waals surface area contributed by atoms with Crippen LogP contribution in [0.1, 0.15) is 39.0 Å². The van der Waals surface area contributed by atoms with Gasteiger partial charge in [0, 0.05) is 0 Å². The largest absolute Gasteiger partial charge is 0.393 e. The van der Waals surface area contributed by atoms with Crippen LogP contribution in [0.2, 0.25) is 0 Å². The second kappa shape index (κ2) is 4.51. The molecule has 6 heteroatoms. The van der Waals surface area contributed by atoms with Crippen LogP contribution in [0.4, 0.5) is 4.79 Å². The first-order valence-electron chi connectivity index (χ1n) is 6.38. The minimum absolute atomic E-state index is 0.171. The first-order chi connectivity index (χ1) is 8.40. The van der Waals surface area contributed by atoms with Crippen LogP contribution in [-0.2, 0) is 4.79 Å². The van der Waals surface area contributed by atoms with Crippen LogP contribution in [0, 0.1) is 0 Å². The Hall–Kier alpha value is -1.14. The highest BCUT2D eigenvalue weighted by Crippen LogP contribution is 2.34. The summed E-state index contributed by atoms with van der Waals surface area (Å²) < 4.78 is 0. The first kappa shape index (κ1) is 13.3. The Morgan fingerprint density at radius 2 is 1.94 bits per heavy atom. The molecule has 3 N–H and O–H groups in total. The normalized spacial score (nSPS) is 26.3. The van der Waals surface area contributed by atoms with E-state index < -0.39 is 23.8 Å². The molecule has 1 saturated heterocycles. The van der Waals surface area contributed by atoms with Crippen molar-refractivity contribution in [2.24, 2.45) is 0 Å². The van der Waals surface area contributed by atoms with E-state index in [1.54, 1.807) is 0 Å². The van der Waals surface area contributed by atoms with Crippen molar-refractivity contribution in [2.45, 2.75) is 50.2 Å². The number of carbonyl (C=O) groups excluding carboxylic acids is 2. The van der Waals surface area contributed by atoms with Crippen molar-refractivity contribution in [3.05, 3.63) is 0 Å². The lowest BCUT2D eigenvalue weighted by Crippen LogP contribution is -2.50. The number of rotatable bonds is 3. The molecule has 0 aromatic rings. The fraction of sp³-hybridized carbons (Fsp3) is 0.833. The molecule has 1 unspecified atom stereocenters. The summed E-state index contributed by atoms with van der Waals surface area (Å²) in [6.07, 6.45) is 4.26. The topological polar surface area (TPSA) is 89.9 Å². The number of imide groups is 1. The van der Waals surface area contributed by atoms with Crippen LogP contribution in [0.15, 0.2) is 0 Å². The summed E-state index contributed by atoms with van der Waals surface area (Å²) in [5.74, 6) is -0.263. The lowest BCUT2D eigenvalue weighted by Gasteiger charge is -2.31. The number of aliphatic hydroxyl groups excluding tert-OH is 1. The molecule has 2 aliphatic rings. The molecule has 6 nitrogen and oxygen atoms in total. The summed E-state index contributed by atoms with van der Waals surface area (Å²) in [6.45, 7) is 0.742. The summed E-state index contributed by atoms with van der Waals surface area (Å²) in [7, 11) is 0. The second-order valence-electron chi connectivity index (χ2n) is 5.62. The third-order valence-corrected chi connectivity index (χ3v) is 3.79. The van der Waals surface area contributed by atoms with Gasteiger partial charge in [0.2, 0.25) is 0 Å². The van der Waals surface area contributed by atoms with Crippen molar-refractivity contribution in [1.29, 1.82) is 0 Å². The zero-order valence-electron chi connectivity index (χ0n) is 10.6. The van der Waals surface area contributed by atoms with Gasteiger partial charge in [-0.15, -0.1) is 0 Å². The summed E-state index contributed by atoms with van der Waals surface area (Å²) >= 11 is 0. The minimum Gasteiger partial charge on any atom is -0.393 e. The lowest BCUT2D eigenvalue weighted by molar-refractivity contribution is -0.135. The molecule has 1 spiro atoms. The maximum absolute atomic E-state index is 12.3. The first-order valence-corrected chi connectivity index (χ1v) is 6.38. The number of β-amino-alcohol motifs (C(OH)–C–C–N with tert-alkyl or cyclic N) is 1. The molecule has 1 heterocycles. The highest BCUT2D eigenvalue weighted by Gasteiger charge is 2.52. The van der Waals surface area contributed by atoms with Crippen LogP contribution in [-0.4, -0.2) is 51.3 Å². The predicted octanol–water partition coefficient (Wildman–Crippen LogP) is -0.0156. The molecule has 0 bridgehead atoms. The van der Waals surface area contributed by atoms with E-state index in [4.69, 9.17) is 5.11 Å². The molecule has 1 atom stereocenters. The predicted molar refractivity (Wildman–Crippen MR) is 63.8 cm³/mol. The molecule has 1 aliphatic carbocycles. The number of urea groups is 1. The lowest BCUT2D eigenvalue weighted by atomic mass is 9.81. The standard InChI is InChI=1S/C12H20N2O4/c1-11(18,8-15)7-14-9(16)12(13-10(14)17)5-3-2-4-6-12/h15,18H,2-8H2,1H3,(H,13,17). The average molecular weight is 256 g/mol.